The number of ether oxygens (including phenoxy) is 2. The van der Waals surface area contributed by atoms with Gasteiger partial charge in [-0.05, 0) is 95.7 Å². The molecular weight excluding hydrogens is 516 g/mol. The predicted octanol–water partition coefficient (Wildman–Crippen LogP) is 5.60. The highest BCUT2D eigenvalue weighted by molar-refractivity contribution is 7.99. The van der Waals surface area contributed by atoms with Crippen molar-refractivity contribution < 1.29 is 28.7 Å². The van der Waals surface area contributed by atoms with Gasteiger partial charge in [0.2, 0.25) is 5.91 Å². The van der Waals surface area contributed by atoms with Crippen LogP contribution in [-0.4, -0.2) is 52.5 Å². The first kappa shape index (κ1) is 32.7. The van der Waals surface area contributed by atoms with Crippen molar-refractivity contribution in [2.24, 2.45) is 17.3 Å². The summed E-state index contributed by atoms with van der Waals surface area (Å²) in [5, 5.41) is 5.59. The van der Waals surface area contributed by atoms with Crippen LogP contribution in [0.5, 0.6) is 0 Å². The highest BCUT2D eigenvalue weighted by Gasteiger charge is 2.44. The highest BCUT2D eigenvalue weighted by atomic mass is 32.2. The molecule has 1 aromatic carbocycles. The normalized spacial score (nSPS) is 17.9. The van der Waals surface area contributed by atoms with Gasteiger partial charge >= 0.3 is 11.9 Å². The third-order valence-electron chi connectivity index (χ3n) is 6.32. The van der Waals surface area contributed by atoms with Crippen molar-refractivity contribution in [3.8, 4) is 0 Å². The van der Waals surface area contributed by atoms with Crippen molar-refractivity contribution >= 4 is 41.2 Å². The van der Waals surface area contributed by atoms with Crippen LogP contribution >= 0.6 is 11.8 Å². The molecule has 9 heteroatoms. The summed E-state index contributed by atoms with van der Waals surface area (Å²) in [5.74, 6) is 0.797. The number of rotatable bonds is 12. The summed E-state index contributed by atoms with van der Waals surface area (Å²) in [4.78, 5) is 50.5. The van der Waals surface area contributed by atoms with Gasteiger partial charge in [-0.25, -0.2) is 4.79 Å². The number of carbonyl (C=O) groups excluding carboxylic acids is 4. The molecule has 8 nitrogen and oxygen atoms in total. The minimum absolute atomic E-state index is 0.0395. The Balaban J connectivity index is 1.93. The Morgan fingerprint density at radius 2 is 1.56 bits per heavy atom. The summed E-state index contributed by atoms with van der Waals surface area (Å²) in [5.41, 5.74) is -0.0588. The quantitative estimate of drug-likeness (QED) is 0.319. The SMILES string of the molecule is C[C@@H](CSC[C@@H]1CC1(C)C)C(=O)Nc1ccc(C(=O)NC(CCC(=O)OC(C)(C)C)C(=O)OC(C)(C)C)cc1. The molecule has 1 saturated carbocycles. The Morgan fingerprint density at radius 1 is 1.00 bits per heavy atom. The van der Waals surface area contributed by atoms with Crippen LogP contribution in [0.25, 0.3) is 0 Å². The first-order valence-electron chi connectivity index (χ1n) is 13.6. The summed E-state index contributed by atoms with van der Waals surface area (Å²) < 4.78 is 10.8. The maximum atomic E-state index is 12.9. The monoisotopic (exact) mass is 562 g/mol. The maximum absolute atomic E-state index is 12.9. The van der Waals surface area contributed by atoms with Crippen molar-refractivity contribution in [1.82, 2.24) is 5.32 Å². The second-order valence-corrected chi connectivity index (χ2v) is 14.2. The molecule has 0 aromatic heterocycles. The van der Waals surface area contributed by atoms with E-state index in [1.165, 1.54) is 6.42 Å². The standard InChI is InChI=1S/C30H46N2O6S/c1-19(17-39-18-21-16-30(21,8)9)25(34)31-22-12-10-20(11-13-22)26(35)32-23(27(36)38-29(5,6)7)14-15-24(33)37-28(2,3)4/h10-13,19,21,23H,14-18H2,1-9H3,(H,31,34)(H,32,35)/t19-,21-,23?/m0/s1. The van der Waals surface area contributed by atoms with E-state index in [1.807, 2.05) is 18.7 Å². The number of carbonyl (C=O) groups is 4. The van der Waals surface area contributed by atoms with Crippen molar-refractivity contribution in [1.29, 1.82) is 0 Å². The van der Waals surface area contributed by atoms with Gasteiger partial charge in [-0.1, -0.05) is 20.8 Å². The van der Waals surface area contributed by atoms with Crippen LogP contribution in [0, 0.1) is 17.3 Å². The number of anilines is 1. The van der Waals surface area contributed by atoms with E-state index >= 15 is 0 Å². The number of benzene rings is 1. The van der Waals surface area contributed by atoms with Gasteiger partial charge in [0, 0.05) is 29.3 Å². The fourth-order valence-corrected chi connectivity index (χ4v) is 5.31. The molecule has 1 aromatic rings. The maximum Gasteiger partial charge on any atom is 0.329 e. The van der Waals surface area contributed by atoms with Crippen LogP contribution in [-0.2, 0) is 23.9 Å². The van der Waals surface area contributed by atoms with Crippen LogP contribution in [0.1, 0.15) is 91.9 Å². The molecule has 0 spiro atoms. The Morgan fingerprint density at radius 3 is 2.08 bits per heavy atom. The van der Waals surface area contributed by atoms with E-state index in [4.69, 9.17) is 9.47 Å². The number of amides is 2. The lowest BCUT2D eigenvalue weighted by atomic mass is 10.1. The molecule has 218 valence electrons. The van der Waals surface area contributed by atoms with Gasteiger partial charge in [-0.15, -0.1) is 0 Å². The Hall–Kier alpha value is -2.55. The summed E-state index contributed by atoms with van der Waals surface area (Å²) in [6.07, 6.45) is 1.24. The number of thioether (sulfide) groups is 1. The van der Waals surface area contributed by atoms with E-state index in [0.29, 0.717) is 16.7 Å². The molecule has 1 unspecified atom stereocenters. The zero-order valence-electron chi connectivity index (χ0n) is 24.9. The zero-order chi connectivity index (χ0) is 29.6. The Bertz CT molecular complexity index is 1020. The summed E-state index contributed by atoms with van der Waals surface area (Å²) in [6.45, 7) is 17.0. The van der Waals surface area contributed by atoms with E-state index in [1.54, 1.807) is 65.8 Å². The summed E-state index contributed by atoms with van der Waals surface area (Å²) in [7, 11) is 0. The molecule has 1 aliphatic carbocycles. The molecule has 0 heterocycles. The fraction of sp³-hybridized carbons (Fsp3) is 0.667. The van der Waals surface area contributed by atoms with Gasteiger partial charge < -0.3 is 20.1 Å². The van der Waals surface area contributed by atoms with E-state index in [-0.39, 0.29) is 24.7 Å². The lowest BCUT2D eigenvalue weighted by molar-refractivity contribution is -0.158. The van der Waals surface area contributed by atoms with Gasteiger partial charge in [0.25, 0.3) is 5.91 Å². The lowest BCUT2D eigenvalue weighted by Crippen LogP contribution is -2.44. The van der Waals surface area contributed by atoms with Crippen LogP contribution in [0.3, 0.4) is 0 Å². The molecule has 3 atom stereocenters. The fourth-order valence-electron chi connectivity index (χ4n) is 3.81. The summed E-state index contributed by atoms with van der Waals surface area (Å²) in [6, 6.07) is 5.45. The Kier molecular flexibility index (Phi) is 11.1. The predicted molar refractivity (Wildman–Crippen MR) is 156 cm³/mol. The lowest BCUT2D eigenvalue weighted by Gasteiger charge is -2.25. The van der Waals surface area contributed by atoms with Gasteiger partial charge in [0.1, 0.15) is 17.2 Å². The van der Waals surface area contributed by atoms with Gasteiger partial charge in [0.15, 0.2) is 0 Å². The number of hydrogen-bond acceptors (Lipinski definition) is 7. The van der Waals surface area contributed by atoms with Crippen LogP contribution in [0.15, 0.2) is 24.3 Å². The molecule has 1 fully saturated rings. The third kappa shape index (κ3) is 12.0. The van der Waals surface area contributed by atoms with E-state index in [0.717, 1.165) is 17.4 Å². The van der Waals surface area contributed by atoms with Crippen LogP contribution in [0.4, 0.5) is 5.69 Å². The van der Waals surface area contributed by atoms with E-state index in [2.05, 4.69) is 24.5 Å². The largest absolute Gasteiger partial charge is 0.460 e. The molecular formula is C30H46N2O6S. The average molecular weight is 563 g/mol. The van der Waals surface area contributed by atoms with Crippen LogP contribution in [0.2, 0.25) is 0 Å². The Labute approximate surface area is 237 Å². The molecule has 2 N–H and O–H groups in total. The number of esters is 2. The molecule has 0 radical (unpaired) electrons. The third-order valence-corrected chi connectivity index (χ3v) is 7.69. The van der Waals surface area contributed by atoms with Crippen molar-refractivity contribution in [2.75, 3.05) is 16.8 Å². The van der Waals surface area contributed by atoms with Gasteiger partial charge in [0.05, 0.1) is 0 Å². The minimum atomic E-state index is -1.02. The first-order chi connectivity index (χ1) is 17.9. The summed E-state index contributed by atoms with van der Waals surface area (Å²) >= 11 is 1.82. The second kappa shape index (κ2) is 13.2. The zero-order valence-corrected chi connectivity index (χ0v) is 25.8. The van der Waals surface area contributed by atoms with Gasteiger partial charge in [-0.2, -0.15) is 11.8 Å². The molecule has 39 heavy (non-hydrogen) atoms. The average Bonchev–Trinajstić information content (AvgIpc) is 3.40. The molecule has 0 aliphatic heterocycles. The molecule has 0 bridgehead atoms. The smallest absolute Gasteiger partial charge is 0.329 e. The molecule has 2 amide bonds. The number of hydrogen-bond donors (Lipinski definition) is 2. The van der Waals surface area contributed by atoms with Gasteiger partial charge in [-0.3, -0.25) is 14.4 Å². The minimum Gasteiger partial charge on any atom is -0.460 e. The van der Waals surface area contributed by atoms with E-state index in [9.17, 15) is 19.2 Å². The first-order valence-corrected chi connectivity index (χ1v) is 14.8. The topological polar surface area (TPSA) is 111 Å². The number of nitrogens with one attached hydrogen (secondary N) is 2. The van der Waals surface area contributed by atoms with Crippen molar-refractivity contribution in [3.05, 3.63) is 29.8 Å². The van der Waals surface area contributed by atoms with Crippen LogP contribution < -0.4 is 10.6 Å². The second-order valence-electron chi connectivity index (χ2n) is 13.1. The van der Waals surface area contributed by atoms with Crippen molar-refractivity contribution in [3.63, 3.8) is 0 Å². The molecule has 0 saturated heterocycles. The van der Waals surface area contributed by atoms with Crippen molar-refractivity contribution in [2.45, 2.75) is 98.8 Å². The molecule has 2 rings (SSSR count). The highest BCUT2D eigenvalue weighted by Crippen LogP contribution is 2.53. The van der Waals surface area contributed by atoms with E-state index < -0.39 is 35.1 Å². The molecule has 1 aliphatic rings.